The van der Waals surface area contributed by atoms with Gasteiger partial charge in [0.2, 0.25) is 12.3 Å². The van der Waals surface area contributed by atoms with Gasteiger partial charge in [0.1, 0.15) is 11.1 Å². The van der Waals surface area contributed by atoms with Gasteiger partial charge in [-0.2, -0.15) is 4.57 Å². The first-order valence-corrected chi connectivity index (χ1v) is 7.27. The molecule has 22 heavy (non-hydrogen) atoms. The second-order valence-corrected chi connectivity index (χ2v) is 5.40. The van der Waals surface area contributed by atoms with E-state index in [1.807, 2.05) is 5.38 Å². The standard InChI is InChI=1S/C14H14N4O3S/c1-16-17-14(21)10-5-9(13(15)20)6-18(7-10)8-11(19)12-3-2-4-22-12/h2-7,16H,8H2,1H3,(H2-,15,17,20,21)/p+1. The highest BCUT2D eigenvalue weighted by molar-refractivity contribution is 7.12. The topological polar surface area (TPSA) is 105 Å². The van der Waals surface area contributed by atoms with Gasteiger partial charge in [0, 0.05) is 7.05 Å². The Balaban J connectivity index is 2.31. The third-order valence-corrected chi connectivity index (χ3v) is 3.74. The normalized spacial score (nSPS) is 10.2. The van der Waals surface area contributed by atoms with Gasteiger partial charge in [-0.15, -0.1) is 11.3 Å². The predicted molar refractivity (Wildman–Crippen MR) is 80.3 cm³/mol. The predicted octanol–water partition coefficient (Wildman–Crippen LogP) is -0.118. The number of hydrogen-bond acceptors (Lipinski definition) is 5. The number of hydrazine groups is 1. The Morgan fingerprint density at radius 1 is 1.27 bits per heavy atom. The van der Waals surface area contributed by atoms with Crippen molar-refractivity contribution >= 4 is 28.9 Å². The molecule has 0 aromatic carbocycles. The summed E-state index contributed by atoms with van der Waals surface area (Å²) in [5, 5.41) is 1.81. The number of Topliss-reactive ketones (excluding diaryl/α,β-unsaturated/α-hetero) is 1. The number of ketones is 1. The molecule has 0 spiro atoms. The number of amides is 2. The Bertz CT molecular complexity index is 713. The first-order chi connectivity index (χ1) is 10.5. The molecule has 4 N–H and O–H groups in total. The number of nitrogens with one attached hydrogen (secondary N) is 2. The number of hydrogen-bond donors (Lipinski definition) is 3. The highest BCUT2D eigenvalue weighted by atomic mass is 32.1. The van der Waals surface area contributed by atoms with Gasteiger partial charge in [-0.1, -0.05) is 6.07 Å². The molecule has 0 aliphatic carbocycles. The van der Waals surface area contributed by atoms with E-state index in [1.165, 1.54) is 34.4 Å². The molecular formula is C14H15N4O3S+. The van der Waals surface area contributed by atoms with Gasteiger partial charge in [0.05, 0.1) is 4.88 Å². The van der Waals surface area contributed by atoms with Crippen LogP contribution in [0.1, 0.15) is 30.4 Å². The fourth-order valence-corrected chi connectivity index (χ4v) is 2.51. The summed E-state index contributed by atoms with van der Waals surface area (Å²) in [4.78, 5) is 36.0. The molecule has 2 aromatic heterocycles. The van der Waals surface area contributed by atoms with Crippen LogP contribution in [-0.4, -0.2) is 24.6 Å². The average molecular weight is 319 g/mol. The van der Waals surface area contributed by atoms with E-state index in [4.69, 9.17) is 5.73 Å². The maximum Gasteiger partial charge on any atom is 0.271 e. The highest BCUT2D eigenvalue weighted by Crippen LogP contribution is 2.09. The molecule has 0 aliphatic heterocycles. The maximum atomic E-state index is 12.1. The Morgan fingerprint density at radius 3 is 2.59 bits per heavy atom. The van der Waals surface area contributed by atoms with Crippen LogP contribution >= 0.6 is 11.3 Å². The molecule has 0 atom stereocenters. The molecule has 0 saturated carbocycles. The number of primary amides is 1. The Labute approximate surface area is 130 Å². The van der Waals surface area contributed by atoms with Gasteiger partial charge in [0.25, 0.3) is 11.8 Å². The number of carbonyl (C=O) groups excluding carboxylic acids is 3. The van der Waals surface area contributed by atoms with E-state index in [9.17, 15) is 14.4 Å². The van der Waals surface area contributed by atoms with Gasteiger partial charge in [-0.05, 0) is 17.5 Å². The molecule has 2 amide bonds. The zero-order valence-electron chi connectivity index (χ0n) is 11.8. The Kier molecular flexibility index (Phi) is 4.97. The van der Waals surface area contributed by atoms with Crippen LogP contribution in [0, 0.1) is 0 Å². The minimum atomic E-state index is -0.670. The van der Waals surface area contributed by atoms with Crippen molar-refractivity contribution in [3.63, 3.8) is 0 Å². The fraction of sp³-hybridized carbons (Fsp3) is 0.143. The monoisotopic (exact) mass is 319 g/mol. The summed E-state index contributed by atoms with van der Waals surface area (Å²) in [5.74, 6) is -1.21. The van der Waals surface area contributed by atoms with Gasteiger partial charge < -0.3 is 5.73 Å². The molecule has 0 bridgehead atoms. The van der Waals surface area contributed by atoms with Crippen molar-refractivity contribution < 1.29 is 19.0 Å². The molecule has 0 radical (unpaired) electrons. The summed E-state index contributed by atoms with van der Waals surface area (Å²) in [6, 6.07) is 4.88. The molecule has 0 fully saturated rings. The molecular weight excluding hydrogens is 304 g/mol. The van der Waals surface area contributed by atoms with Gasteiger partial charge in [0.15, 0.2) is 12.4 Å². The van der Waals surface area contributed by atoms with Crippen molar-refractivity contribution in [3.8, 4) is 0 Å². The minimum Gasteiger partial charge on any atom is -0.365 e. The van der Waals surface area contributed by atoms with Crippen molar-refractivity contribution in [3.05, 3.63) is 52.0 Å². The Hall–Kier alpha value is -2.58. The molecule has 0 aliphatic rings. The van der Waals surface area contributed by atoms with Crippen LogP contribution in [0.2, 0.25) is 0 Å². The zero-order valence-corrected chi connectivity index (χ0v) is 12.6. The summed E-state index contributed by atoms with van der Waals surface area (Å²) >= 11 is 1.34. The largest absolute Gasteiger partial charge is 0.365 e. The van der Waals surface area contributed by atoms with Gasteiger partial charge in [-0.25, -0.2) is 5.43 Å². The van der Waals surface area contributed by atoms with E-state index in [2.05, 4.69) is 10.9 Å². The smallest absolute Gasteiger partial charge is 0.271 e. The summed E-state index contributed by atoms with van der Waals surface area (Å²) in [5.41, 5.74) is 10.6. The number of nitrogens with zero attached hydrogens (tertiary/aromatic N) is 1. The van der Waals surface area contributed by atoms with Crippen LogP contribution in [-0.2, 0) is 6.54 Å². The Morgan fingerprint density at radius 2 is 2.00 bits per heavy atom. The van der Waals surface area contributed by atoms with Crippen LogP contribution in [0.25, 0.3) is 0 Å². The molecule has 0 saturated heterocycles. The lowest BCUT2D eigenvalue weighted by molar-refractivity contribution is -0.683. The first kappa shape index (κ1) is 15.8. The lowest BCUT2D eigenvalue weighted by Crippen LogP contribution is -2.41. The number of carbonyl (C=O) groups is 3. The quantitative estimate of drug-likeness (QED) is 0.392. The van der Waals surface area contributed by atoms with Crippen LogP contribution in [0.4, 0.5) is 0 Å². The van der Waals surface area contributed by atoms with Gasteiger partial charge >= 0.3 is 0 Å². The lowest BCUT2D eigenvalue weighted by Gasteiger charge is -2.04. The molecule has 0 unspecified atom stereocenters. The summed E-state index contributed by atoms with van der Waals surface area (Å²) in [6.07, 6.45) is 2.94. The lowest BCUT2D eigenvalue weighted by atomic mass is 10.1. The van der Waals surface area contributed by atoms with E-state index in [1.54, 1.807) is 19.2 Å². The van der Waals surface area contributed by atoms with E-state index in [0.717, 1.165) is 0 Å². The number of rotatable bonds is 6. The van der Waals surface area contributed by atoms with Crippen molar-refractivity contribution in [2.75, 3.05) is 7.05 Å². The van der Waals surface area contributed by atoms with E-state index >= 15 is 0 Å². The average Bonchev–Trinajstić information content (AvgIpc) is 3.01. The van der Waals surface area contributed by atoms with Crippen molar-refractivity contribution in [2.24, 2.45) is 5.73 Å². The molecule has 2 rings (SSSR count). The minimum absolute atomic E-state index is 0.0153. The van der Waals surface area contributed by atoms with Crippen LogP contribution in [0.5, 0.6) is 0 Å². The van der Waals surface area contributed by atoms with E-state index in [0.29, 0.717) is 4.88 Å². The molecule has 2 heterocycles. The van der Waals surface area contributed by atoms with Crippen molar-refractivity contribution in [2.45, 2.75) is 6.54 Å². The summed E-state index contributed by atoms with van der Waals surface area (Å²) in [6.45, 7) is 0.0153. The zero-order chi connectivity index (χ0) is 16.1. The van der Waals surface area contributed by atoms with Crippen molar-refractivity contribution in [1.29, 1.82) is 0 Å². The molecule has 8 heteroatoms. The first-order valence-electron chi connectivity index (χ1n) is 6.39. The molecule has 7 nitrogen and oxygen atoms in total. The fourth-order valence-electron chi connectivity index (χ4n) is 1.85. The third kappa shape index (κ3) is 3.74. The van der Waals surface area contributed by atoms with E-state index < -0.39 is 11.8 Å². The SMILES string of the molecule is CNNC(=O)c1cc(C(N)=O)c[n+](CC(=O)c2cccs2)c1. The number of thiophene rings is 1. The van der Waals surface area contributed by atoms with Crippen molar-refractivity contribution in [1.82, 2.24) is 10.9 Å². The third-order valence-electron chi connectivity index (χ3n) is 2.83. The van der Waals surface area contributed by atoms with Gasteiger partial charge in [-0.3, -0.25) is 19.8 Å². The van der Waals surface area contributed by atoms with E-state index in [-0.39, 0.29) is 23.5 Å². The van der Waals surface area contributed by atoms with Crippen LogP contribution < -0.4 is 21.2 Å². The number of nitrogens with two attached hydrogens (primary N) is 1. The van der Waals surface area contributed by atoms with Crippen LogP contribution in [0.3, 0.4) is 0 Å². The number of pyridine rings is 1. The maximum absolute atomic E-state index is 12.1. The number of aromatic nitrogens is 1. The second-order valence-electron chi connectivity index (χ2n) is 4.45. The second kappa shape index (κ2) is 6.92. The highest BCUT2D eigenvalue weighted by Gasteiger charge is 2.19. The summed E-state index contributed by atoms with van der Waals surface area (Å²) in [7, 11) is 1.55. The molecule has 114 valence electrons. The summed E-state index contributed by atoms with van der Waals surface area (Å²) < 4.78 is 1.48. The van der Waals surface area contributed by atoms with Crippen LogP contribution in [0.15, 0.2) is 36.0 Å². The molecule has 2 aromatic rings.